The van der Waals surface area contributed by atoms with Gasteiger partial charge in [-0.2, -0.15) is 0 Å². The molecular formula is C11H15NO3. The highest BCUT2D eigenvalue weighted by molar-refractivity contribution is 5.84. The maximum atomic E-state index is 11.4. The number of hydrogen-bond donors (Lipinski definition) is 3. The van der Waals surface area contributed by atoms with Crippen molar-refractivity contribution in [3.63, 3.8) is 0 Å². The van der Waals surface area contributed by atoms with Gasteiger partial charge in [0.25, 0.3) is 0 Å². The van der Waals surface area contributed by atoms with E-state index in [1.807, 2.05) is 0 Å². The van der Waals surface area contributed by atoms with Crippen LogP contribution in [-0.2, 0) is 11.2 Å². The largest absolute Gasteiger partial charge is 0.508 e. The van der Waals surface area contributed by atoms with Crippen LogP contribution in [0.25, 0.3) is 0 Å². The number of rotatable bonds is 5. The number of phenolic OH excluding ortho intramolecular Hbond substituents is 1. The smallest absolute Gasteiger partial charge is 0.165 e. The minimum Gasteiger partial charge on any atom is -0.508 e. The van der Waals surface area contributed by atoms with Crippen molar-refractivity contribution in [1.29, 1.82) is 0 Å². The molecule has 0 heterocycles. The van der Waals surface area contributed by atoms with Gasteiger partial charge in [0, 0.05) is 6.42 Å². The van der Waals surface area contributed by atoms with Crippen LogP contribution < -0.4 is 5.73 Å². The van der Waals surface area contributed by atoms with Crippen LogP contribution in [0.15, 0.2) is 24.3 Å². The Morgan fingerprint density at radius 2 is 1.93 bits per heavy atom. The van der Waals surface area contributed by atoms with Gasteiger partial charge in [-0.15, -0.1) is 0 Å². The van der Waals surface area contributed by atoms with Crippen molar-refractivity contribution in [3.8, 4) is 5.75 Å². The molecule has 4 N–H and O–H groups in total. The van der Waals surface area contributed by atoms with Crippen LogP contribution in [-0.4, -0.2) is 28.6 Å². The first-order valence-corrected chi connectivity index (χ1v) is 4.82. The predicted octanol–water partition coefficient (Wildman–Crippen LogP) is 0.213. The molecule has 82 valence electrons. The number of aliphatic hydroxyl groups excluding tert-OH is 1. The molecule has 15 heavy (non-hydrogen) atoms. The summed E-state index contributed by atoms with van der Waals surface area (Å²) in [5.74, 6) is -0.0835. The van der Waals surface area contributed by atoms with Crippen LogP contribution >= 0.6 is 0 Å². The molecule has 0 radical (unpaired) electrons. The van der Waals surface area contributed by atoms with E-state index in [1.54, 1.807) is 12.1 Å². The molecular weight excluding hydrogens is 194 g/mol. The van der Waals surface area contributed by atoms with Crippen molar-refractivity contribution in [3.05, 3.63) is 29.8 Å². The Labute approximate surface area is 88.3 Å². The molecule has 0 fully saturated rings. The Morgan fingerprint density at radius 1 is 1.33 bits per heavy atom. The highest BCUT2D eigenvalue weighted by Gasteiger charge is 2.14. The van der Waals surface area contributed by atoms with Crippen molar-refractivity contribution in [2.24, 2.45) is 5.73 Å². The number of benzene rings is 1. The molecule has 0 spiro atoms. The molecule has 0 saturated heterocycles. The van der Waals surface area contributed by atoms with Gasteiger partial charge < -0.3 is 15.9 Å². The van der Waals surface area contributed by atoms with Gasteiger partial charge in [0.1, 0.15) is 11.9 Å². The minimum absolute atomic E-state index is 0.161. The molecule has 4 nitrogen and oxygen atoms in total. The standard InChI is InChI=1S/C11H15NO3/c12-6-5-10(14)11(15)7-8-1-3-9(13)4-2-8/h1-4,10,13-14H,5-7,12H2. The van der Waals surface area contributed by atoms with E-state index in [0.29, 0.717) is 6.54 Å². The number of aliphatic hydroxyl groups is 1. The minimum atomic E-state index is -0.983. The third-order valence-electron chi connectivity index (χ3n) is 2.13. The van der Waals surface area contributed by atoms with Crippen LogP contribution in [0.2, 0.25) is 0 Å². The zero-order valence-electron chi connectivity index (χ0n) is 8.39. The van der Waals surface area contributed by atoms with Crippen molar-refractivity contribution in [2.45, 2.75) is 18.9 Å². The predicted molar refractivity (Wildman–Crippen MR) is 56.5 cm³/mol. The molecule has 1 unspecified atom stereocenters. The number of carbonyl (C=O) groups excluding carboxylic acids is 1. The number of ketones is 1. The number of carbonyl (C=O) groups is 1. The third-order valence-corrected chi connectivity index (χ3v) is 2.13. The third kappa shape index (κ3) is 3.69. The number of Topliss-reactive ketones (excluding diaryl/α,β-unsaturated/α-hetero) is 1. The summed E-state index contributed by atoms with van der Waals surface area (Å²) in [6.07, 6.45) is -0.526. The molecule has 0 saturated carbocycles. The van der Waals surface area contributed by atoms with Gasteiger partial charge in [0.15, 0.2) is 5.78 Å². The molecule has 1 aromatic rings. The summed E-state index contributed by atoms with van der Waals surface area (Å²) in [6, 6.07) is 6.33. The lowest BCUT2D eigenvalue weighted by Crippen LogP contribution is -2.25. The van der Waals surface area contributed by atoms with E-state index in [0.717, 1.165) is 5.56 Å². The summed E-state index contributed by atoms with van der Waals surface area (Å²) in [4.78, 5) is 11.4. The average Bonchev–Trinajstić information content (AvgIpc) is 2.22. The summed E-state index contributed by atoms with van der Waals surface area (Å²) in [7, 11) is 0. The number of phenols is 1. The first-order valence-electron chi connectivity index (χ1n) is 4.82. The molecule has 4 heteroatoms. The summed E-state index contributed by atoms with van der Waals surface area (Å²) in [6.45, 7) is 0.294. The van der Waals surface area contributed by atoms with Crippen LogP contribution in [0.3, 0.4) is 0 Å². The lowest BCUT2D eigenvalue weighted by Gasteiger charge is -2.07. The van der Waals surface area contributed by atoms with Gasteiger partial charge in [-0.25, -0.2) is 0 Å². The molecule has 0 bridgehead atoms. The SMILES string of the molecule is NCCC(O)C(=O)Cc1ccc(O)cc1. The normalized spacial score (nSPS) is 12.4. The maximum Gasteiger partial charge on any atom is 0.165 e. The van der Waals surface area contributed by atoms with Crippen LogP contribution in [0, 0.1) is 0 Å². The number of aromatic hydroxyl groups is 1. The summed E-state index contributed by atoms with van der Waals surface area (Å²) < 4.78 is 0. The summed E-state index contributed by atoms with van der Waals surface area (Å²) in [5.41, 5.74) is 6.01. The Kier molecular flexibility index (Phi) is 4.27. The van der Waals surface area contributed by atoms with Crippen LogP contribution in [0.5, 0.6) is 5.75 Å². The van der Waals surface area contributed by atoms with Crippen LogP contribution in [0.4, 0.5) is 0 Å². The molecule has 0 aliphatic carbocycles. The Bertz CT molecular complexity index is 321. The molecule has 0 aromatic heterocycles. The second kappa shape index (κ2) is 5.48. The second-order valence-corrected chi connectivity index (χ2v) is 3.40. The quantitative estimate of drug-likeness (QED) is 0.647. The van der Waals surface area contributed by atoms with Crippen molar-refractivity contribution in [1.82, 2.24) is 0 Å². The summed E-state index contributed by atoms with van der Waals surface area (Å²) >= 11 is 0. The summed E-state index contributed by atoms with van der Waals surface area (Å²) in [5, 5.41) is 18.4. The van der Waals surface area contributed by atoms with Gasteiger partial charge in [-0.1, -0.05) is 12.1 Å². The number of nitrogens with two attached hydrogens (primary N) is 1. The highest BCUT2D eigenvalue weighted by atomic mass is 16.3. The van der Waals surface area contributed by atoms with E-state index in [2.05, 4.69) is 0 Å². The monoisotopic (exact) mass is 209 g/mol. The van der Waals surface area contributed by atoms with Crippen molar-refractivity contribution < 1.29 is 15.0 Å². The Hall–Kier alpha value is -1.39. The second-order valence-electron chi connectivity index (χ2n) is 3.40. The van der Waals surface area contributed by atoms with E-state index in [1.165, 1.54) is 12.1 Å². The molecule has 1 aromatic carbocycles. The van der Waals surface area contributed by atoms with E-state index in [9.17, 15) is 9.90 Å². The fourth-order valence-electron chi connectivity index (χ4n) is 1.25. The lowest BCUT2D eigenvalue weighted by molar-refractivity contribution is -0.126. The number of hydrogen-bond acceptors (Lipinski definition) is 4. The first kappa shape index (κ1) is 11.7. The van der Waals surface area contributed by atoms with Gasteiger partial charge >= 0.3 is 0 Å². The lowest BCUT2D eigenvalue weighted by atomic mass is 10.0. The van der Waals surface area contributed by atoms with E-state index in [4.69, 9.17) is 10.8 Å². The molecule has 1 atom stereocenters. The molecule has 0 aliphatic rings. The zero-order valence-corrected chi connectivity index (χ0v) is 8.39. The van der Waals surface area contributed by atoms with E-state index < -0.39 is 6.10 Å². The van der Waals surface area contributed by atoms with E-state index >= 15 is 0 Å². The topological polar surface area (TPSA) is 83.5 Å². The van der Waals surface area contributed by atoms with Crippen LogP contribution in [0.1, 0.15) is 12.0 Å². The molecule has 0 amide bonds. The van der Waals surface area contributed by atoms with E-state index in [-0.39, 0.29) is 24.4 Å². The Morgan fingerprint density at radius 3 is 2.47 bits per heavy atom. The fourth-order valence-corrected chi connectivity index (χ4v) is 1.25. The highest BCUT2D eigenvalue weighted by Crippen LogP contribution is 2.11. The van der Waals surface area contributed by atoms with Gasteiger partial charge in [-0.05, 0) is 30.7 Å². The van der Waals surface area contributed by atoms with Crippen molar-refractivity contribution in [2.75, 3.05) is 6.54 Å². The average molecular weight is 209 g/mol. The maximum absolute atomic E-state index is 11.4. The van der Waals surface area contributed by atoms with Crippen molar-refractivity contribution >= 4 is 5.78 Å². The van der Waals surface area contributed by atoms with Gasteiger partial charge in [-0.3, -0.25) is 4.79 Å². The molecule has 0 aliphatic heterocycles. The van der Waals surface area contributed by atoms with Gasteiger partial charge in [0.05, 0.1) is 0 Å². The molecule has 1 rings (SSSR count). The fraction of sp³-hybridized carbons (Fsp3) is 0.364. The Balaban J connectivity index is 2.54. The van der Waals surface area contributed by atoms with Gasteiger partial charge in [0.2, 0.25) is 0 Å². The zero-order chi connectivity index (χ0) is 11.3. The first-order chi connectivity index (χ1) is 7.13.